The fourth-order valence-electron chi connectivity index (χ4n) is 3.02. The van der Waals surface area contributed by atoms with Crippen LogP contribution in [0.15, 0.2) is 17.8 Å². The minimum Gasteiger partial charge on any atom is -0.857 e. The molecule has 28 heavy (non-hydrogen) atoms. The van der Waals surface area contributed by atoms with Gasteiger partial charge in [0.1, 0.15) is 0 Å². The van der Waals surface area contributed by atoms with Gasteiger partial charge < -0.3 is 25.5 Å². The summed E-state index contributed by atoms with van der Waals surface area (Å²) in [7, 11) is 3.98. The molecule has 1 aliphatic rings. The van der Waals surface area contributed by atoms with Crippen LogP contribution in [0.3, 0.4) is 0 Å². The number of pyridine rings is 1. The summed E-state index contributed by atoms with van der Waals surface area (Å²) in [6.45, 7) is 2.53. The number of hydrogen-bond acceptors (Lipinski definition) is 7. The largest absolute Gasteiger partial charge is 1.00 e. The number of likely N-dealkylation sites (N-methyl/N-ethyl adjacent to an activating group) is 1. The number of alkyl halides is 2. The van der Waals surface area contributed by atoms with E-state index < -0.39 is 5.92 Å². The van der Waals surface area contributed by atoms with E-state index in [0.717, 1.165) is 18.5 Å². The molecule has 1 saturated heterocycles. The van der Waals surface area contributed by atoms with E-state index >= 15 is 0 Å². The van der Waals surface area contributed by atoms with Crippen LogP contribution in [0.4, 0.5) is 14.5 Å². The Morgan fingerprint density at radius 2 is 2.04 bits per heavy atom. The molecule has 2 heterocycles. The predicted molar refractivity (Wildman–Crippen MR) is 101 cm³/mol. The Labute approximate surface area is 208 Å². The summed E-state index contributed by atoms with van der Waals surface area (Å²) in [5, 5.41) is 9.64. The second-order valence-corrected chi connectivity index (χ2v) is 6.30. The van der Waals surface area contributed by atoms with Crippen LogP contribution in [0.1, 0.15) is 31.2 Å². The number of nitrogens with two attached hydrogens (primary N) is 2. The van der Waals surface area contributed by atoms with Crippen LogP contribution in [0.2, 0.25) is 0 Å². The van der Waals surface area contributed by atoms with Crippen LogP contribution < -0.4 is 73.0 Å². The molecule has 10 heteroatoms. The van der Waals surface area contributed by atoms with Crippen LogP contribution in [-0.4, -0.2) is 56.9 Å². The summed E-state index contributed by atoms with van der Waals surface area (Å²) >= 11 is 0. The molecule has 0 amide bonds. The van der Waals surface area contributed by atoms with Crippen molar-refractivity contribution in [3.05, 3.63) is 29.2 Å². The topological polar surface area (TPSA) is 104 Å². The molecule has 1 aromatic rings. The fraction of sp³-hybridized carbons (Fsp3) is 0.611. The minimum atomic E-state index is -2.66. The van der Waals surface area contributed by atoms with Gasteiger partial charge in [-0.25, -0.2) is 19.6 Å². The van der Waals surface area contributed by atoms with Crippen molar-refractivity contribution in [1.29, 1.82) is 0 Å². The normalized spacial score (nSPS) is 16.4. The van der Waals surface area contributed by atoms with E-state index in [0.29, 0.717) is 36.5 Å². The number of hydrazine groups is 1. The van der Waals surface area contributed by atoms with Crippen molar-refractivity contribution >= 4 is 11.4 Å². The van der Waals surface area contributed by atoms with Gasteiger partial charge in [-0.3, -0.25) is 0 Å². The molecule has 1 aromatic heterocycles. The molecule has 0 bridgehead atoms. The molecule has 0 spiro atoms. The molecule has 0 aromatic carbocycles. The first-order chi connectivity index (χ1) is 12.8. The first kappa shape index (κ1) is 27.7. The molecular formula is C18H30F2KN5O2. The van der Waals surface area contributed by atoms with Gasteiger partial charge in [-0.1, -0.05) is 6.92 Å². The second kappa shape index (κ2) is 13.1. The van der Waals surface area contributed by atoms with Crippen LogP contribution in [-0.2, 0) is 11.2 Å². The van der Waals surface area contributed by atoms with Gasteiger partial charge in [-0.15, -0.1) is 0 Å². The molecule has 0 saturated carbocycles. The van der Waals surface area contributed by atoms with Crippen molar-refractivity contribution in [3.8, 4) is 0 Å². The van der Waals surface area contributed by atoms with Crippen LogP contribution >= 0.6 is 0 Å². The Kier molecular flexibility index (Phi) is 12.9. The van der Waals surface area contributed by atoms with Gasteiger partial charge in [-0.2, -0.15) is 7.11 Å². The van der Waals surface area contributed by atoms with Gasteiger partial charge in [0.2, 0.25) is 0 Å². The van der Waals surface area contributed by atoms with Gasteiger partial charge in [-0.05, 0) is 25.0 Å². The number of anilines is 1. The van der Waals surface area contributed by atoms with Crippen molar-refractivity contribution in [2.75, 3.05) is 45.9 Å². The van der Waals surface area contributed by atoms with Crippen molar-refractivity contribution in [1.82, 2.24) is 9.99 Å². The Morgan fingerprint density at radius 3 is 2.54 bits per heavy atom. The minimum absolute atomic E-state index is 0. The first-order valence-corrected chi connectivity index (χ1v) is 8.79. The smallest absolute Gasteiger partial charge is 0.857 e. The maximum atomic E-state index is 13.7. The number of aryl methyl sites for hydroxylation is 1. The van der Waals surface area contributed by atoms with Crippen LogP contribution in [0, 0.1) is 0 Å². The molecule has 0 radical (unpaired) electrons. The summed E-state index contributed by atoms with van der Waals surface area (Å²) in [5.41, 5.74) is 9.28. The molecule has 0 unspecified atom stereocenters. The van der Waals surface area contributed by atoms with Gasteiger partial charge in [0, 0.05) is 27.1 Å². The zero-order chi connectivity index (χ0) is 20.6. The summed E-state index contributed by atoms with van der Waals surface area (Å²) in [6.07, 6.45) is 1.03. The third-order valence-electron chi connectivity index (χ3n) is 4.31. The molecule has 2 rings (SSSR count). The second-order valence-electron chi connectivity index (χ2n) is 6.30. The summed E-state index contributed by atoms with van der Waals surface area (Å²) in [5.74, 6) is 3.15. The van der Waals surface area contributed by atoms with E-state index in [1.807, 2.05) is 13.0 Å². The molecule has 7 nitrogen and oxygen atoms in total. The Hall–Kier alpha value is -0.334. The van der Waals surface area contributed by atoms with E-state index in [1.165, 1.54) is 5.01 Å². The number of ether oxygens (including phenoxy) is 1. The summed E-state index contributed by atoms with van der Waals surface area (Å²) in [6, 6.07) is 3.56. The van der Waals surface area contributed by atoms with Gasteiger partial charge in [0.05, 0.1) is 41.6 Å². The molecular weight excluding hydrogens is 395 g/mol. The maximum absolute atomic E-state index is 13.7. The SMILES string of the molecule is CCc1nc(/C(N)=C(\COC)N(C)N)ccc1N1CCCC(F)(F)C1.C[O-].[K+]. The number of hydrogen-bond donors (Lipinski definition) is 2. The number of nitrogens with zero attached hydrogens (tertiary/aromatic N) is 3. The zero-order valence-corrected chi connectivity index (χ0v) is 20.6. The van der Waals surface area contributed by atoms with Crippen molar-refractivity contribution in [2.45, 2.75) is 32.1 Å². The monoisotopic (exact) mass is 425 g/mol. The molecule has 1 fully saturated rings. The number of halogens is 2. The molecule has 1 aliphatic heterocycles. The third kappa shape index (κ3) is 7.49. The van der Waals surface area contributed by atoms with Gasteiger partial charge in [0.25, 0.3) is 5.92 Å². The molecule has 0 atom stereocenters. The zero-order valence-electron chi connectivity index (χ0n) is 17.5. The quantitative estimate of drug-likeness (QED) is 0.307. The average molecular weight is 426 g/mol. The van der Waals surface area contributed by atoms with Gasteiger partial charge >= 0.3 is 51.4 Å². The van der Waals surface area contributed by atoms with Crippen LogP contribution in [0.25, 0.3) is 5.70 Å². The van der Waals surface area contributed by atoms with Crippen molar-refractivity contribution in [3.63, 3.8) is 0 Å². The van der Waals surface area contributed by atoms with Gasteiger partial charge in [0.15, 0.2) is 0 Å². The number of methoxy groups -OCH3 is 1. The number of aromatic nitrogens is 1. The molecule has 0 aliphatic carbocycles. The van der Waals surface area contributed by atoms with E-state index in [9.17, 15) is 8.78 Å². The van der Waals surface area contributed by atoms with Crippen molar-refractivity contribution < 1.29 is 70.0 Å². The number of piperidine rings is 1. The Bertz CT molecular complexity index is 644. The predicted octanol–water partition coefficient (Wildman–Crippen LogP) is -2.06. The van der Waals surface area contributed by atoms with Crippen molar-refractivity contribution in [2.24, 2.45) is 11.6 Å². The maximum Gasteiger partial charge on any atom is 1.00 e. The van der Waals surface area contributed by atoms with E-state index in [1.54, 1.807) is 25.1 Å². The average Bonchev–Trinajstić information content (AvgIpc) is 2.65. The summed E-state index contributed by atoms with van der Waals surface area (Å²) < 4.78 is 32.6. The Morgan fingerprint density at radius 1 is 1.39 bits per heavy atom. The fourth-order valence-corrected chi connectivity index (χ4v) is 3.02. The van der Waals surface area contributed by atoms with Crippen LogP contribution in [0.5, 0.6) is 0 Å². The first-order valence-electron chi connectivity index (χ1n) is 8.79. The third-order valence-corrected chi connectivity index (χ3v) is 4.31. The standard InChI is InChI=1S/C17H27F2N5O.CH3O.K/c1-4-12-14(24-9-5-8-17(18,19)11-24)7-6-13(22-12)16(20)15(10-25-3)23(2)21;1-2;/h6-7H,4-5,8-11,20-21H2,1-3H3;1H3;/q;-1;+1/b16-15-;;. The van der Waals surface area contributed by atoms with E-state index in [2.05, 4.69) is 4.98 Å². The Balaban J connectivity index is 0.00000235. The molecule has 4 N–H and O–H groups in total. The van der Waals surface area contributed by atoms with E-state index in [4.69, 9.17) is 21.4 Å². The number of rotatable bonds is 6. The molecule has 154 valence electrons. The summed E-state index contributed by atoms with van der Waals surface area (Å²) in [4.78, 5) is 6.30. The van der Waals surface area contributed by atoms with E-state index in [-0.39, 0.29) is 71.0 Å².